The maximum absolute atomic E-state index is 14.4. The lowest BCUT2D eigenvalue weighted by molar-refractivity contribution is 0.122. The number of nitrogens with zero attached hydrogens (tertiary/aromatic N) is 1. The van der Waals surface area contributed by atoms with E-state index in [4.69, 9.17) is 0 Å². The third-order valence-electron chi connectivity index (χ3n) is 4.10. The Morgan fingerprint density at radius 2 is 1.95 bits per heavy atom. The number of nitrogens with one attached hydrogen (secondary N) is 1. The zero-order valence-electron chi connectivity index (χ0n) is 11.9. The van der Waals surface area contributed by atoms with E-state index in [9.17, 15) is 8.78 Å². The standard InChI is InChI=1S/C15H21BrF2N2/c1-3-10(2)15(20-8-6-19-7-9-20)13-12(17)5-4-11(16)14(13)18/h4-5,10,15,19H,3,6-9H2,1-2H3/t10?,15-/m1/s1. The van der Waals surface area contributed by atoms with Crippen LogP contribution in [-0.4, -0.2) is 31.1 Å². The Morgan fingerprint density at radius 1 is 1.30 bits per heavy atom. The summed E-state index contributed by atoms with van der Waals surface area (Å²) in [4.78, 5) is 2.19. The summed E-state index contributed by atoms with van der Waals surface area (Å²) in [6, 6.07) is 2.57. The van der Waals surface area contributed by atoms with Gasteiger partial charge in [0.25, 0.3) is 0 Å². The van der Waals surface area contributed by atoms with Crippen molar-refractivity contribution >= 4 is 15.9 Å². The molecule has 2 atom stereocenters. The lowest BCUT2D eigenvalue weighted by Gasteiger charge is -2.38. The molecule has 0 saturated carbocycles. The molecule has 20 heavy (non-hydrogen) atoms. The highest BCUT2D eigenvalue weighted by molar-refractivity contribution is 9.10. The number of piperazine rings is 1. The molecule has 0 spiro atoms. The number of benzene rings is 1. The van der Waals surface area contributed by atoms with Gasteiger partial charge in [0, 0.05) is 37.8 Å². The van der Waals surface area contributed by atoms with Crippen LogP contribution in [0.1, 0.15) is 31.9 Å². The van der Waals surface area contributed by atoms with Crippen molar-refractivity contribution in [3.8, 4) is 0 Å². The molecule has 112 valence electrons. The quantitative estimate of drug-likeness (QED) is 0.836. The van der Waals surface area contributed by atoms with Crippen molar-refractivity contribution in [2.45, 2.75) is 26.3 Å². The molecular weight excluding hydrogens is 326 g/mol. The van der Waals surface area contributed by atoms with Crippen molar-refractivity contribution in [2.24, 2.45) is 5.92 Å². The SMILES string of the molecule is CCC(C)[C@H](c1c(F)ccc(Br)c1F)N1CCNCC1. The molecule has 1 fully saturated rings. The fourth-order valence-corrected chi connectivity index (χ4v) is 3.17. The highest BCUT2D eigenvalue weighted by Gasteiger charge is 2.31. The summed E-state index contributed by atoms with van der Waals surface area (Å²) in [6.07, 6.45) is 0.889. The maximum atomic E-state index is 14.4. The minimum Gasteiger partial charge on any atom is -0.314 e. The van der Waals surface area contributed by atoms with Crippen molar-refractivity contribution in [3.63, 3.8) is 0 Å². The normalized spacial score (nSPS) is 19.9. The van der Waals surface area contributed by atoms with E-state index in [0.717, 1.165) is 32.6 Å². The second kappa shape index (κ2) is 6.96. The molecule has 1 aromatic rings. The molecule has 0 aliphatic carbocycles. The van der Waals surface area contributed by atoms with Crippen LogP contribution in [0.15, 0.2) is 16.6 Å². The summed E-state index contributed by atoms with van der Waals surface area (Å²) in [5.74, 6) is -0.713. The average Bonchev–Trinajstić information content (AvgIpc) is 2.48. The molecule has 1 aliphatic heterocycles. The average molecular weight is 347 g/mol. The van der Waals surface area contributed by atoms with E-state index in [-0.39, 0.29) is 17.5 Å². The van der Waals surface area contributed by atoms with E-state index in [1.807, 2.05) is 0 Å². The second-order valence-electron chi connectivity index (χ2n) is 5.37. The van der Waals surface area contributed by atoms with Crippen LogP contribution in [0, 0.1) is 17.6 Å². The molecule has 1 unspecified atom stereocenters. The van der Waals surface area contributed by atoms with E-state index in [0.29, 0.717) is 4.47 Å². The molecule has 2 rings (SSSR count). The van der Waals surface area contributed by atoms with Crippen LogP contribution in [0.3, 0.4) is 0 Å². The van der Waals surface area contributed by atoms with Gasteiger partial charge in [-0.2, -0.15) is 0 Å². The molecule has 0 radical (unpaired) electrons. The molecule has 0 bridgehead atoms. The molecular formula is C15H21BrF2N2. The van der Waals surface area contributed by atoms with Gasteiger partial charge in [-0.15, -0.1) is 0 Å². The molecule has 0 aromatic heterocycles. The largest absolute Gasteiger partial charge is 0.314 e. The Labute approximate surface area is 127 Å². The van der Waals surface area contributed by atoms with Gasteiger partial charge in [-0.25, -0.2) is 8.78 Å². The third kappa shape index (κ3) is 3.21. The van der Waals surface area contributed by atoms with Gasteiger partial charge in [0.15, 0.2) is 0 Å². The van der Waals surface area contributed by atoms with Gasteiger partial charge in [-0.3, -0.25) is 4.90 Å². The third-order valence-corrected chi connectivity index (χ3v) is 4.72. The van der Waals surface area contributed by atoms with Gasteiger partial charge in [0.1, 0.15) is 11.6 Å². The topological polar surface area (TPSA) is 15.3 Å². The first-order valence-corrected chi connectivity index (χ1v) is 7.93. The Hall–Kier alpha value is -0.520. The van der Waals surface area contributed by atoms with Gasteiger partial charge >= 0.3 is 0 Å². The fourth-order valence-electron chi connectivity index (χ4n) is 2.82. The molecule has 2 nitrogen and oxygen atoms in total. The van der Waals surface area contributed by atoms with Crippen molar-refractivity contribution < 1.29 is 8.78 Å². The van der Waals surface area contributed by atoms with Gasteiger partial charge in [-0.1, -0.05) is 20.3 Å². The number of halogens is 3. The predicted molar refractivity (Wildman–Crippen MR) is 80.7 cm³/mol. The van der Waals surface area contributed by atoms with E-state index in [1.165, 1.54) is 12.1 Å². The first-order chi connectivity index (χ1) is 9.56. The summed E-state index contributed by atoms with van der Waals surface area (Å²) in [5.41, 5.74) is 0.204. The summed E-state index contributed by atoms with van der Waals surface area (Å²) in [7, 11) is 0. The Balaban J connectivity index is 2.43. The Morgan fingerprint density at radius 3 is 2.55 bits per heavy atom. The van der Waals surface area contributed by atoms with Gasteiger partial charge in [-0.05, 0) is 34.0 Å². The smallest absolute Gasteiger partial charge is 0.145 e. The maximum Gasteiger partial charge on any atom is 0.145 e. The molecule has 1 N–H and O–H groups in total. The highest BCUT2D eigenvalue weighted by atomic mass is 79.9. The number of hydrogen-bond acceptors (Lipinski definition) is 2. The molecule has 0 amide bonds. The molecule has 1 saturated heterocycles. The lowest BCUT2D eigenvalue weighted by atomic mass is 9.90. The molecule has 1 aliphatic rings. The van der Waals surface area contributed by atoms with E-state index < -0.39 is 11.6 Å². The van der Waals surface area contributed by atoms with Gasteiger partial charge in [0.05, 0.1) is 4.47 Å². The van der Waals surface area contributed by atoms with Crippen molar-refractivity contribution in [1.29, 1.82) is 0 Å². The van der Waals surface area contributed by atoms with Crippen molar-refractivity contribution in [1.82, 2.24) is 10.2 Å². The van der Waals surface area contributed by atoms with Gasteiger partial charge < -0.3 is 5.32 Å². The number of rotatable bonds is 4. The summed E-state index contributed by atoms with van der Waals surface area (Å²) >= 11 is 3.17. The van der Waals surface area contributed by atoms with Gasteiger partial charge in [0.2, 0.25) is 0 Å². The zero-order valence-corrected chi connectivity index (χ0v) is 13.5. The van der Waals surface area contributed by atoms with E-state index in [2.05, 4.69) is 40.0 Å². The van der Waals surface area contributed by atoms with Crippen molar-refractivity contribution in [3.05, 3.63) is 33.8 Å². The fraction of sp³-hybridized carbons (Fsp3) is 0.600. The Bertz CT molecular complexity index is 461. The lowest BCUT2D eigenvalue weighted by Crippen LogP contribution is -2.47. The van der Waals surface area contributed by atoms with Crippen LogP contribution in [-0.2, 0) is 0 Å². The second-order valence-corrected chi connectivity index (χ2v) is 6.23. The summed E-state index contributed by atoms with van der Waals surface area (Å²) in [6.45, 7) is 7.50. The summed E-state index contributed by atoms with van der Waals surface area (Å²) < 4.78 is 29.0. The predicted octanol–water partition coefficient (Wildman–Crippen LogP) is 3.72. The van der Waals surface area contributed by atoms with Crippen LogP contribution in [0.2, 0.25) is 0 Å². The van der Waals surface area contributed by atoms with Crippen LogP contribution >= 0.6 is 15.9 Å². The van der Waals surface area contributed by atoms with Crippen LogP contribution in [0.5, 0.6) is 0 Å². The zero-order chi connectivity index (χ0) is 14.7. The van der Waals surface area contributed by atoms with Crippen LogP contribution in [0.25, 0.3) is 0 Å². The number of hydrogen-bond donors (Lipinski definition) is 1. The van der Waals surface area contributed by atoms with E-state index >= 15 is 0 Å². The minimum atomic E-state index is -0.464. The minimum absolute atomic E-state index is 0.200. The molecule has 1 aromatic carbocycles. The highest BCUT2D eigenvalue weighted by Crippen LogP contribution is 2.36. The van der Waals surface area contributed by atoms with Crippen LogP contribution in [0.4, 0.5) is 8.78 Å². The summed E-state index contributed by atoms with van der Waals surface area (Å²) in [5, 5.41) is 3.28. The first kappa shape index (κ1) is 15.9. The first-order valence-electron chi connectivity index (χ1n) is 7.14. The molecule has 5 heteroatoms. The molecule has 1 heterocycles. The monoisotopic (exact) mass is 346 g/mol. The Kier molecular flexibility index (Phi) is 5.52. The van der Waals surface area contributed by atoms with E-state index in [1.54, 1.807) is 0 Å². The van der Waals surface area contributed by atoms with Crippen LogP contribution < -0.4 is 5.32 Å². The van der Waals surface area contributed by atoms with Crippen molar-refractivity contribution in [2.75, 3.05) is 26.2 Å².